The Morgan fingerprint density at radius 3 is 2.33 bits per heavy atom. The number of carbonyl (C=O) groups excluding carboxylic acids is 1. The van der Waals surface area contributed by atoms with Gasteiger partial charge in [-0.25, -0.2) is 8.42 Å². The Balaban J connectivity index is 1.60. The molecule has 1 amide bonds. The maximum absolute atomic E-state index is 13.3. The third kappa shape index (κ3) is 4.02. The summed E-state index contributed by atoms with van der Waals surface area (Å²) in [4.78, 5) is 23.2. The number of nitro benzene ring substituents is 1. The minimum Gasteiger partial charge on any atom is -0.352 e. The fourth-order valence-corrected chi connectivity index (χ4v) is 6.02. The lowest BCUT2D eigenvalue weighted by Crippen LogP contribution is -2.45. The van der Waals surface area contributed by atoms with Gasteiger partial charge >= 0.3 is 0 Å². The van der Waals surface area contributed by atoms with Gasteiger partial charge in [-0.15, -0.1) is 0 Å². The van der Waals surface area contributed by atoms with E-state index in [4.69, 9.17) is 0 Å². The average Bonchev–Trinajstić information content (AvgIpc) is 3.36. The number of hydrogen-bond acceptors (Lipinski definition) is 5. The first kappa shape index (κ1) is 20.3. The maximum atomic E-state index is 13.3. The van der Waals surface area contributed by atoms with Crippen LogP contribution in [-0.4, -0.2) is 31.8 Å². The molecule has 2 aromatic carbocycles. The molecule has 0 unspecified atom stereocenters. The van der Waals surface area contributed by atoms with Crippen LogP contribution in [0.4, 0.5) is 11.4 Å². The van der Waals surface area contributed by atoms with Gasteiger partial charge in [-0.2, -0.15) is 0 Å². The summed E-state index contributed by atoms with van der Waals surface area (Å²) in [5.74, 6) is 0.752. The summed E-state index contributed by atoms with van der Waals surface area (Å²) in [6.07, 6.45) is 4.37. The zero-order chi connectivity index (χ0) is 21.3. The van der Waals surface area contributed by atoms with Crippen molar-refractivity contribution < 1.29 is 18.1 Å². The highest BCUT2D eigenvalue weighted by Crippen LogP contribution is 2.44. The topological polar surface area (TPSA) is 110 Å². The quantitative estimate of drug-likeness (QED) is 0.537. The second kappa shape index (κ2) is 8.06. The van der Waals surface area contributed by atoms with Gasteiger partial charge in [-0.1, -0.05) is 24.6 Å². The minimum absolute atomic E-state index is 0.0519. The maximum Gasteiger partial charge on any atom is 0.269 e. The van der Waals surface area contributed by atoms with E-state index in [-0.39, 0.29) is 34.8 Å². The molecule has 0 aliphatic heterocycles. The van der Waals surface area contributed by atoms with Gasteiger partial charge in [0.25, 0.3) is 15.7 Å². The van der Waals surface area contributed by atoms with Crippen LogP contribution < -0.4 is 9.62 Å². The van der Waals surface area contributed by atoms with Gasteiger partial charge in [-0.05, 0) is 55.4 Å². The lowest BCUT2D eigenvalue weighted by molar-refractivity contribution is -0.384. The standard InChI is InChI=1S/C21H23N3O5S/c25-21(22-20-13-15-6-7-16(20)12-15)14-23(17-8-10-18(11-9-17)24(26)27)30(28,29)19-4-2-1-3-5-19/h1-5,8-11,15-16,20H,6-7,12-14H2,(H,22,25)/t15-,16-,20+/m0/s1. The molecular weight excluding hydrogens is 406 g/mol. The molecule has 8 nitrogen and oxygen atoms in total. The van der Waals surface area contributed by atoms with Crippen molar-refractivity contribution in [3.63, 3.8) is 0 Å². The van der Waals surface area contributed by atoms with Crippen LogP contribution in [0.5, 0.6) is 0 Å². The fourth-order valence-electron chi connectivity index (χ4n) is 4.58. The van der Waals surface area contributed by atoms with Gasteiger partial charge in [-0.3, -0.25) is 19.2 Å². The molecule has 2 bridgehead atoms. The van der Waals surface area contributed by atoms with Gasteiger partial charge < -0.3 is 5.32 Å². The van der Waals surface area contributed by atoms with Crippen molar-refractivity contribution in [1.82, 2.24) is 5.32 Å². The van der Waals surface area contributed by atoms with E-state index >= 15 is 0 Å². The average molecular weight is 429 g/mol. The highest BCUT2D eigenvalue weighted by atomic mass is 32.2. The molecule has 158 valence electrons. The number of nitrogens with zero attached hydrogens (tertiary/aromatic N) is 2. The molecule has 3 atom stereocenters. The molecule has 9 heteroatoms. The Labute approximate surface area is 175 Å². The first-order valence-electron chi connectivity index (χ1n) is 9.96. The molecule has 0 heterocycles. The molecule has 0 spiro atoms. The Kier molecular flexibility index (Phi) is 5.46. The Hall–Kier alpha value is -2.94. The summed E-state index contributed by atoms with van der Waals surface area (Å²) in [6, 6.07) is 13.1. The van der Waals surface area contributed by atoms with Crippen molar-refractivity contribution in [1.29, 1.82) is 0 Å². The van der Waals surface area contributed by atoms with Gasteiger partial charge in [0.15, 0.2) is 0 Å². The molecule has 2 saturated carbocycles. The van der Waals surface area contributed by atoms with Crippen molar-refractivity contribution in [2.75, 3.05) is 10.8 Å². The number of nitrogens with one attached hydrogen (secondary N) is 1. The zero-order valence-electron chi connectivity index (χ0n) is 16.3. The minimum atomic E-state index is -4.02. The number of anilines is 1. The van der Waals surface area contributed by atoms with Crippen LogP contribution in [0.25, 0.3) is 0 Å². The van der Waals surface area contributed by atoms with E-state index in [1.165, 1.54) is 42.8 Å². The van der Waals surface area contributed by atoms with Crippen LogP contribution in [0.3, 0.4) is 0 Å². The number of non-ortho nitro benzene ring substituents is 1. The number of benzene rings is 2. The normalized spacial score (nSPS) is 22.6. The van der Waals surface area contributed by atoms with Crippen LogP contribution >= 0.6 is 0 Å². The molecule has 0 saturated heterocycles. The highest BCUT2D eigenvalue weighted by Gasteiger charge is 2.40. The number of hydrogen-bond donors (Lipinski definition) is 1. The van der Waals surface area contributed by atoms with E-state index in [9.17, 15) is 23.3 Å². The number of amides is 1. The van der Waals surface area contributed by atoms with E-state index in [1.54, 1.807) is 18.2 Å². The van der Waals surface area contributed by atoms with Gasteiger partial charge in [0, 0.05) is 18.2 Å². The zero-order valence-corrected chi connectivity index (χ0v) is 17.1. The van der Waals surface area contributed by atoms with Gasteiger partial charge in [0.1, 0.15) is 6.54 Å². The van der Waals surface area contributed by atoms with Crippen LogP contribution in [0.15, 0.2) is 59.5 Å². The number of sulfonamides is 1. The molecule has 2 fully saturated rings. The van der Waals surface area contributed by atoms with Gasteiger partial charge in [0.05, 0.1) is 15.5 Å². The molecule has 4 rings (SSSR count). The van der Waals surface area contributed by atoms with Crippen LogP contribution in [0.2, 0.25) is 0 Å². The third-order valence-corrected chi connectivity index (χ3v) is 7.84. The van der Waals surface area contributed by atoms with Crippen molar-refractivity contribution in [3.8, 4) is 0 Å². The van der Waals surface area contributed by atoms with Crippen molar-refractivity contribution in [3.05, 3.63) is 64.7 Å². The summed E-state index contributed by atoms with van der Waals surface area (Å²) < 4.78 is 27.5. The number of carbonyl (C=O) groups is 1. The van der Waals surface area contributed by atoms with Crippen molar-refractivity contribution >= 4 is 27.3 Å². The Morgan fingerprint density at radius 2 is 1.77 bits per heavy atom. The van der Waals surface area contributed by atoms with Crippen LogP contribution in [0, 0.1) is 22.0 Å². The summed E-state index contributed by atoms with van der Waals surface area (Å²) in [7, 11) is -4.02. The summed E-state index contributed by atoms with van der Waals surface area (Å²) >= 11 is 0. The molecule has 2 aliphatic rings. The molecular formula is C21H23N3O5S. The second-order valence-electron chi connectivity index (χ2n) is 7.95. The first-order chi connectivity index (χ1) is 14.3. The third-order valence-electron chi connectivity index (χ3n) is 6.05. The first-order valence-corrected chi connectivity index (χ1v) is 11.4. The van der Waals surface area contributed by atoms with Gasteiger partial charge in [0.2, 0.25) is 5.91 Å². The summed E-state index contributed by atoms with van der Waals surface area (Å²) in [5, 5.41) is 14.0. The van der Waals surface area contributed by atoms with E-state index < -0.39 is 14.9 Å². The fraction of sp³-hybridized carbons (Fsp3) is 0.381. The largest absolute Gasteiger partial charge is 0.352 e. The predicted molar refractivity (Wildman–Crippen MR) is 111 cm³/mol. The van der Waals surface area contributed by atoms with Crippen LogP contribution in [-0.2, 0) is 14.8 Å². The molecule has 2 aliphatic carbocycles. The Bertz CT molecular complexity index is 1040. The molecule has 0 radical (unpaired) electrons. The van der Waals surface area contributed by atoms with E-state index in [0.717, 1.165) is 23.6 Å². The summed E-state index contributed by atoms with van der Waals surface area (Å²) in [5.41, 5.74) is 0.0507. The molecule has 1 N–H and O–H groups in total. The second-order valence-corrected chi connectivity index (χ2v) is 9.81. The van der Waals surface area contributed by atoms with Crippen molar-refractivity contribution in [2.24, 2.45) is 11.8 Å². The molecule has 0 aromatic heterocycles. The number of rotatable bonds is 7. The van der Waals surface area contributed by atoms with Crippen molar-refractivity contribution in [2.45, 2.75) is 36.6 Å². The van der Waals surface area contributed by atoms with Crippen LogP contribution in [0.1, 0.15) is 25.7 Å². The van der Waals surface area contributed by atoms with E-state index in [2.05, 4.69) is 5.32 Å². The lowest BCUT2D eigenvalue weighted by Gasteiger charge is -2.27. The number of nitro groups is 1. The van der Waals surface area contributed by atoms with E-state index in [1.807, 2.05) is 0 Å². The lowest BCUT2D eigenvalue weighted by atomic mass is 9.95. The smallest absolute Gasteiger partial charge is 0.269 e. The molecule has 2 aromatic rings. The molecule has 30 heavy (non-hydrogen) atoms. The predicted octanol–water partition coefficient (Wildman–Crippen LogP) is 3.09. The summed E-state index contributed by atoms with van der Waals surface area (Å²) in [6.45, 7) is -0.386. The monoisotopic (exact) mass is 429 g/mol. The number of fused-ring (bicyclic) bond motifs is 2. The Morgan fingerprint density at radius 1 is 1.07 bits per heavy atom. The SMILES string of the molecule is O=C(CN(c1ccc([N+](=O)[O-])cc1)S(=O)(=O)c1ccccc1)N[C@@H]1C[C@H]2CC[C@H]1C2. The highest BCUT2D eigenvalue weighted by molar-refractivity contribution is 7.92. The van der Waals surface area contributed by atoms with E-state index in [0.29, 0.717) is 11.8 Å².